The predicted molar refractivity (Wildman–Crippen MR) is 82.8 cm³/mol. The number of benzene rings is 1. The van der Waals surface area contributed by atoms with Gasteiger partial charge in [-0.25, -0.2) is 0 Å². The van der Waals surface area contributed by atoms with Gasteiger partial charge in [0.15, 0.2) is 0 Å². The van der Waals surface area contributed by atoms with Crippen molar-refractivity contribution in [3.8, 4) is 0 Å². The lowest BCUT2D eigenvalue weighted by atomic mass is 10.0. The molecule has 1 aromatic carbocycles. The van der Waals surface area contributed by atoms with Gasteiger partial charge in [-0.3, -0.25) is 5.10 Å². The van der Waals surface area contributed by atoms with Crippen LogP contribution in [0.5, 0.6) is 0 Å². The van der Waals surface area contributed by atoms with Crippen LogP contribution in [0.2, 0.25) is 0 Å². The molecule has 4 nitrogen and oxygen atoms in total. The Morgan fingerprint density at radius 2 is 1.87 bits per heavy atom. The molecule has 0 aliphatic heterocycles. The summed E-state index contributed by atoms with van der Waals surface area (Å²) < 4.78 is 37.6. The Morgan fingerprint density at radius 3 is 2.48 bits per heavy atom. The van der Waals surface area contributed by atoms with Gasteiger partial charge in [0.2, 0.25) is 0 Å². The van der Waals surface area contributed by atoms with Gasteiger partial charge < -0.3 is 10.6 Å². The third kappa shape index (κ3) is 5.07. The van der Waals surface area contributed by atoms with Crippen LogP contribution in [-0.2, 0) is 25.6 Å². The van der Waals surface area contributed by atoms with E-state index in [2.05, 4.69) is 15.1 Å². The summed E-state index contributed by atoms with van der Waals surface area (Å²) in [6, 6.07) is 5.29. The second kappa shape index (κ2) is 7.61. The summed E-state index contributed by atoms with van der Waals surface area (Å²) in [5.41, 5.74) is 7.80. The molecule has 3 N–H and O–H groups in total. The zero-order chi connectivity index (χ0) is 16.9. The molecular weight excluding hydrogens is 305 g/mol. The van der Waals surface area contributed by atoms with E-state index in [1.165, 1.54) is 12.1 Å². The summed E-state index contributed by atoms with van der Waals surface area (Å²) in [5, 5.41) is 7.09. The number of nitrogens with two attached hydrogens (primary N) is 1. The standard InChI is InChI=1S/C16H21F3N4/c1-23(9-8-20)11-13-10-21-22-15(13)7-4-12-2-5-14(6-3-12)16(17,18)19/h2-3,5-6,10H,4,7-9,11,20H2,1H3,(H,21,22). The molecule has 1 heterocycles. The molecule has 0 spiro atoms. The number of nitrogens with one attached hydrogen (secondary N) is 1. The first-order valence-electron chi connectivity index (χ1n) is 7.46. The molecule has 0 saturated carbocycles. The maximum Gasteiger partial charge on any atom is 0.416 e. The minimum absolute atomic E-state index is 0.592. The molecule has 0 bridgehead atoms. The van der Waals surface area contributed by atoms with Gasteiger partial charge in [0.05, 0.1) is 11.3 Å². The average molecular weight is 326 g/mol. The van der Waals surface area contributed by atoms with E-state index in [-0.39, 0.29) is 0 Å². The van der Waals surface area contributed by atoms with E-state index < -0.39 is 11.7 Å². The summed E-state index contributed by atoms with van der Waals surface area (Å²) in [4.78, 5) is 2.10. The Balaban J connectivity index is 1.95. The number of likely N-dealkylation sites (N-methyl/N-ethyl adjacent to an activating group) is 1. The van der Waals surface area contributed by atoms with Gasteiger partial charge in [-0.15, -0.1) is 0 Å². The SMILES string of the molecule is CN(CCN)Cc1c[nH]nc1CCc1ccc(C(F)(F)F)cc1. The molecule has 0 radical (unpaired) electrons. The van der Waals surface area contributed by atoms with Crippen LogP contribution < -0.4 is 5.73 Å². The molecule has 0 fully saturated rings. The summed E-state index contributed by atoms with van der Waals surface area (Å²) in [5.74, 6) is 0. The maximum absolute atomic E-state index is 12.5. The first kappa shape index (κ1) is 17.5. The molecule has 0 atom stereocenters. The summed E-state index contributed by atoms with van der Waals surface area (Å²) in [6.45, 7) is 2.13. The number of nitrogens with zero attached hydrogens (tertiary/aromatic N) is 2. The third-order valence-electron chi connectivity index (χ3n) is 3.69. The summed E-state index contributed by atoms with van der Waals surface area (Å²) in [6.07, 6.45) is -1.10. The first-order valence-corrected chi connectivity index (χ1v) is 7.46. The van der Waals surface area contributed by atoms with Crippen molar-refractivity contribution in [3.05, 3.63) is 52.8 Å². The van der Waals surface area contributed by atoms with Crippen LogP contribution in [0.15, 0.2) is 30.5 Å². The van der Waals surface area contributed by atoms with Crippen LogP contribution in [-0.4, -0.2) is 35.2 Å². The average Bonchev–Trinajstić information content (AvgIpc) is 2.92. The van der Waals surface area contributed by atoms with Gasteiger partial charge in [0.1, 0.15) is 0 Å². The lowest BCUT2D eigenvalue weighted by Gasteiger charge is -2.15. The van der Waals surface area contributed by atoms with Crippen molar-refractivity contribution in [2.75, 3.05) is 20.1 Å². The van der Waals surface area contributed by atoms with Crippen molar-refractivity contribution in [1.82, 2.24) is 15.1 Å². The Morgan fingerprint density at radius 1 is 1.17 bits per heavy atom. The normalized spacial score (nSPS) is 12.1. The molecule has 0 unspecified atom stereocenters. The fraction of sp³-hybridized carbons (Fsp3) is 0.438. The van der Waals surface area contributed by atoms with Gasteiger partial charge in [-0.2, -0.15) is 18.3 Å². The molecule has 2 rings (SSSR count). The lowest BCUT2D eigenvalue weighted by Crippen LogP contribution is -2.25. The topological polar surface area (TPSA) is 57.9 Å². The highest BCUT2D eigenvalue weighted by Gasteiger charge is 2.29. The minimum atomic E-state index is -4.29. The molecule has 126 valence electrons. The number of H-pyrrole nitrogens is 1. The van der Waals surface area contributed by atoms with E-state index in [1.54, 1.807) is 0 Å². The van der Waals surface area contributed by atoms with Crippen LogP contribution >= 0.6 is 0 Å². The first-order chi connectivity index (χ1) is 10.9. The molecule has 0 saturated heterocycles. The van der Waals surface area contributed by atoms with Crippen molar-refractivity contribution in [2.45, 2.75) is 25.6 Å². The van der Waals surface area contributed by atoms with E-state index in [1.807, 2.05) is 13.2 Å². The van der Waals surface area contributed by atoms with Gasteiger partial charge in [-0.05, 0) is 37.6 Å². The number of aromatic nitrogens is 2. The molecule has 23 heavy (non-hydrogen) atoms. The highest BCUT2D eigenvalue weighted by molar-refractivity contribution is 5.26. The second-order valence-electron chi connectivity index (χ2n) is 5.58. The van der Waals surface area contributed by atoms with Gasteiger partial charge in [0.25, 0.3) is 0 Å². The van der Waals surface area contributed by atoms with Crippen LogP contribution in [0.3, 0.4) is 0 Å². The molecule has 7 heteroatoms. The molecule has 0 amide bonds. The van der Waals surface area contributed by atoms with Crippen LogP contribution in [0.25, 0.3) is 0 Å². The van der Waals surface area contributed by atoms with E-state index in [0.29, 0.717) is 19.4 Å². The van der Waals surface area contributed by atoms with Crippen LogP contribution in [0.1, 0.15) is 22.4 Å². The monoisotopic (exact) mass is 326 g/mol. The third-order valence-corrected chi connectivity index (χ3v) is 3.69. The zero-order valence-corrected chi connectivity index (χ0v) is 13.0. The largest absolute Gasteiger partial charge is 0.416 e. The van der Waals surface area contributed by atoms with E-state index in [0.717, 1.165) is 42.0 Å². The van der Waals surface area contributed by atoms with E-state index in [9.17, 15) is 13.2 Å². The zero-order valence-electron chi connectivity index (χ0n) is 13.0. The molecular formula is C16H21F3N4. The molecule has 1 aromatic heterocycles. The number of hydrogen-bond acceptors (Lipinski definition) is 3. The predicted octanol–water partition coefficient (Wildman–Crippen LogP) is 2.60. The van der Waals surface area contributed by atoms with Gasteiger partial charge in [0, 0.05) is 31.4 Å². The second-order valence-corrected chi connectivity index (χ2v) is 5.58. The lowest BCUT2D eigenvalue weighted by molar-refractivity contribution is -0.137. The van der Waals surface area contributed by atoms with Crippen molar-refractivity contribution in [3.63, 3.8) is 0 Å². The van der Waals surface area contributed by atoms with Gasteiger partial charge >= 0.3 is 6.18 Å². The number of aromatic amines is 1. The molecule has 0 aliphatic rings. The number of rotatable bonds is 7. The van der Waals surface area contributed by atoms with Crippen molar-refractivity contribution in [1.29, 1.82) is 0 Å². The number of aryl methyl sites for hydroxylation is 2. The maximum atomic E-state index is 12.5. The quantitative estimate of drug-likeness (QED) is 0.822. The van der Waals surface area contributed by atoms with Crippen LogP contribution in [0.4, 0.5) is 13.2 Å². The molecule has 2 aromatic rings. The number of hydrogen-bond donors (Lipinski definition) is 2. The smallest absolute Gasteiger partial charge is 0.329 e. The van der Waals surface area contributed by atoms with Crippen molar-refractivity contribution >= 4 is 0 Å². The number of halogens is 3. The fourth-order valence-electron chi connectivity index (χ4n) is 2.41. The van der Waals surface area contributed by atoms with Gasteiger partial charge in [-0.1, -0.05) is 12.1 Å². The Hall–Kier alpha value is -1.86. The Bertz CT molecular complexity index is 605. The number of alkyl halides is 3. The Labute approximate surface area is 133 Å². The molecule has 0 aliphatic carbocycles. The highest BCUT2D eigenvalue weighted by Crippen LogP contribution is 2.29. The minimum Gasteiger partial charge on any atom is -0.329 e. The highest BCUT2D eigenvalue weighted by atomic mass is 19.4. The summed E-state index contributed by atoms with van der Waals surface area (Å²) in [7, 11) is 1.99. The van der Waals surface area contributed by atoms with E-state index in [4.69, 9.17) is 5.73 Å². The summed E-state index contributed by atoms with van der Waals surface area (Å²) >= 11 is 0. The van der Waals surface area contributed by atoms with Crippen molar-refractivity contribution < 1.29 is 13.2 Å². The van der Waals surface area contributed by atoms with E-state index >= 15 is 0 Å². The van der Waals surface area contributed by atoms with Crippen molar-refractivity contribution in [2.24, 2.45) is 5.73 Å². The Kier molecular flexibility index (Phi) is 5.79. The van der Waals surface area contributed by atoms with Crippen LogP contribution in [0, 0.1) is 0 Å². The fourth-order valence-corrected chi connectivity index (χ4v) is 2.41.